The number of methoxy groups -OCH3 is 1. The smallest absolute Gasteiger partial charge is 0.191 e. The van der Waals surface area contributed by atoms with Gasteiger partial charge in [-0.25, -0.2) is 4.99 Å². The minimum atomic E-state index is 0.565. The van der Waals surface area contributed by atoms with Crippen molar-refractivity contribution in [1.82, 2.24) is 10.6 Å². The van der Waals surface area contributed by atoms with Crippen LogP contribution in [0, 0.1) is 0 Å². The van der Waals surface area contributed by atoms with Crippen LogP contribution in [0.4, 0.5) is 0 Å². The Balaban J connectivity index is 1.68. The van der Waals surface area contributed by atoms with Crippen LogP contribution in [-0.4, -0.2) is 39.3 Å². The lowest BCUT2D eigenvalue weighted by Crippen LogP contribution is -2.40. The van der Waals surface area contributed by atoms with E-state index in [0.29, 0.717) is 26.3 Å². The zero-order chi connectivity index (χ0) is 19.3. The second kappa shape index (κ2) is 11.8. The molecule has 1 heterocycles. The van der Waals surface area contributed by atoms with E-state index in [1.807, 2.05) is 43.3 Å². The summed E-state index contributed by atoms with van der Waals surface area (Å²) in [6.45, 7) is 8.99. The third-order valence-corrected chi connectivity index (χ3v) is 3.72. The molecule has 0 amide bonds. The highest BCUT2D eigenvalue weighted by Crippen LogP contribution is 2.11. The van der Waals surface area contributed by atoms with Gasteiger partial charge in [0.15, 0.2) is 5.96 Å². The molecule has 27 heavy (non-hydrogen) atoms. The molecule has 6 nitrogen and oxygen atoms in total. The molecular weight excluding hydrogens is 342 g/mol. The van der Waals surface area contributed by atoms with E-state index in [0.717, 1.165) is 41.6 Å². The molecule has 0 radical (unpaired) electrons. The molecule has 0 fully saturated rings. The van der Waals surface area contributed by atoms with Crippen LogP contribution in [0.2, 0.25) is 0 Å². The fraction of sp³-hybridized carbons (Fsp3) is 0.381. The first-order valence-electron chi connectivity index (χ1n) is 9.07. The molecule has 0 saturated heterocycles. The molecule has 1 aromatic carbocycles. The first kappa shape index (κ1) is 20.6. The van der Waals surface area contributed by atoms with Crippen LogP contribution in [0.1, 0.15) is 18.2 Å². The number of nitrogens with zero attached hydrogens (tertiary/aromatic N) is 1. The summed E-state index contributed by atoms with van der Waals surface area (Å²) in [7, 11) is 1.66. The normalized spacial score (nSPS) is 11.3. The highest BCUT2D eigenvalue weighted by atomic mass is 16.5. The third-order valence-electron chi connectivity index (χ3n) is 3.72. The number of hydrogen-bond acceptors (Lipinski definition) is 4. The van der Waals surface area contributed by atoms with Crippen LogP contribution in [0.15, 0.2) is 64.2 Å². The molecule has 2 rings (SSSR count). The Labute approximate surface area is 161 Å². The SMILES string of the molecule is C=C(C)CN=C(NCCOCc1ccc(OC)cc1)NCCc1ccco1. The Morgan fingerprint density at radius 3 is 2.59 bits per heavy atom. The lowest BCUT2D eigenvalue weighted by molar-refractivity contribution is 0.125. The predicted octanol–water partition coefficient (Wildman–Crippen LogP) is 3.16. The van der Waals surface area contributed by atoms with Crippen LogP contribution in [0.3, 0.4) is 0 Å². The van der Waals surface area contributed by atoms with Gasteiger partial charge in [0.2, 0.25) is 0 Å². The Hall–Kier alpha value is -2.73. The van der Waals surface area contributed by atoms with E-state index in [1.54, 1.807) is 13.4 Å². The average Bonchev–Trinajstić information content (AvgIpc) is 3.19. The Kier molecular flexibility index (Phi) is 9.00. The number of benzene rings is 1. The number of nitrogens with one attached hydrogen (secondary N) is 2. The van der Waals surface area contributed by atoms with Gasteiger partial charge in [-0.15, -0.1) is 0 Å². The van der Waals surface area contributed by atoms with Crippen molar-refractivity contribution in [3.05, 3.63) is 66.1 Å². The van der Waals surface area contributed by atoms with Gasteiger partial charge in [-0.2, -0.15) is 0 Å². The van der Waals surface area contributed by atoms with Crippen molar-refractivity contribution in [1.29, 1.82) is 0 Å². The summed E-state index contributed by atoms with van der Waals surface area (Å²) in [5.74, 6) is 2.54. The first-order valence-corrected chi connectivity index (χ1v) is 9.07. The Bertz CT molecular complexity index is 694. The van der Waals surface area contributed by atoms with Crippen molar-refractivity contribution in [2.45, 2.75) is 20.0 Å². The largest absolute Gasteiger partial charge is 0.497 e. The van der Waals surface area contributed by atoms with Gasteiger partial charge in [0.05, 0.1) is 33.1 Å². The van der Waals surface area contributed by atoms with E-state index in [-0.39, 0.29) is 0 Å². The van der Waals surface area contributed by atoms with Crippen LogP contribution in [0.25, 0.3) is 0 Å². The summed E-state index contributed by atoms with van der Waals surface area (Å²) in [6.07, 6.45) is 2.48. The van der Waals surface area contributed by atoms with Gasteiger partial charge in [0.25, 0.3) is 0 Å². The molecule has 0 spiro atoms. The lowest BCUT2D eigenvalue weighted by Gasteiger charge is -2.13. The van der Waals surface area contributed by atoms with Crippen LogP contribution in [-0.2, 0) is 17.8 Å². The molecule has 1 aromatic heterocycles. The van der Waals surface area contributed by atoms with Gasteiger partial charge in [0.1, 0.15) is 11.5 Å². The number of furan rings is 1. The summed E-state index contributed by atoms with van der Waals surface area (Å²) in [6, 6.07) is 11.7. The van der Waals surface area contributed by atoms with Crippen molar-refractivity contribution in [3.8, 4) is 5.75 Å². The van der Waals surface area contributed by atoms with Gasteiger partial charge < -0.3 is 24.5 Å². The summed E-state index contributed by atoms with van der Waals surface area (Å²) in [5, 5.41) is 6.58. The maximum absolute atomic E-state index is 5.71. The lowest BCUT2D eigenvalue weighted by atomic mass is 10.2. The van der Waals surface area contributed by atoms with E-state index in [4.69, 9.17) is 13.9 Å². The maximum Gasteiger partial charge on any atom is 0.191 e. The van der Waals surface area contributed by atoms with Crippen molar-refractivity contribution in [3.63, 3.8) is 0 Å². The van der Waals surface area contributed by atoms with E-state index in [1.165, 1.54) is 0 Å². The second-order valence-electron chi connectivity index (χ2n) is 6.21. The van der Waals surface area contributed by atoms with Crippen molar-refractivity contribution in [2.24, 2.45) is 4.99 Å². The van der Waals surface area contributed by atoms with Gasteiger partial charge >= 0.3 is 0 Å². The predicted molar refractivity (Wildman–Crippen MR) is 108 cm³/mol. The quantitative estimate of drug-likeness (QED) is 0.275. The Morgan fingerprint density at radius 2 is 1.93 bits per heavy atom. The molecule has 2 N–H and O–H groups in total. The van der Waals surface area contributed by atoms with E-state index < -0.39 is 0 Å². The molecule has 0 aliphatic rings. The number of ether oxygens (including phenoxy) is 2. The highest BCUT2D eigenvalue weighted by molar-refractivity contribution is 5.79. The zero-order valence-corrected chi connectivity index (χ0v) is 16.2. The summed E-state index contributed by atoms with van der Waals surface area (Å²) in [4.78, 5) is 4.51. The number of aliphatic imine (C=N–C) groups is 1. The fourth-order valence-electron chi connectivity index (χ4n) is 2.30. The number of rotatable bonds is 11. The van der Waals surface area contributed by atoms with E-state index in [9.17, 15) is 0 Å². The standard InChI is InChI=1S/C21H29N3O3/c1-17(2)15-24-21(22-11-10-20-5-4-13-27-20)23-12-14-26-16-18-6-8-19(25-3)9-7-18/h4-9,13H,1,10-12,14-16H2,2-3H3,(H2,22,23,24). The van der Waals surface area contributed by atoms with Crippen LogP contribution in [0.5, 0.6) is 5.75 Å². The molecule has 0 saturated carbocycles. The second-order valence-corrected chi connectivity index (χ2v) is 6.21. The van der Waals surface area contributed by atoms with Crippen molar-refractivity contribution < 1.29 is 13.9 Å². The Morgan fingerprint density at radius 1 is 1.15 bits per heavy atom. The topological polar surface area (TPSA) is 68.0 Å². The average molecular weight is 371 g/mol. The summed E-state index contributed by atoms with van der Waals surface area (Å²) in [5.41, 5.74) is 2.13. The molecule has 0 aliphatic heterocycles. The van der Waals surface area contributed by atoms with Crippen molar-refractivity contribution >= 4 is 5.96 Å². The summed E-state index contributed by atoms with van der Waals surface area (Å²) < 4.78 is 16.2. The fourth-order valence-corrected chi connectivity index (χ4v) is 2.30. The molecule has 0 bridgehead atoms. The highest BCUT2D eigenvalue weighted by Gasteiger charge is 2.01. The number of hydrogen-bond donors (Lipinski definition) is 2. The molecule has 0 unspecified atom stereocenters. The van der Waals surface area contributed by atoms with Gasteiger partial charge in [-0.05, 0) is 36.8 Å². The van der Waals surface area contributed by atoms with E-state index >= 15 is 0 Å². The van der Waals surface area contributed by atoms with Crippen LogP contribution >= 0.6 is 0 Å². The van der Waals surface area contributed by atoms with Crippen LogP contribution < -0.4 is 15.4 Å². The molecule has 6 heteroatoms. The minimum Gasteiger partial charge on any atom is -0.497 e. The van der Waals surface area contributed by atoms with E-state index in [2.05, 4.69) is 22.2 Å². The summed E-state index contributed by atoms with van der Waals surface area (Å²) >= 11 is 0. The van der Waals surface area contributed by atoms with Gasteiger partial charge in [-0.3, -0.25) is 0 Å². The minimum absolute atomic E-state index is 0.565. The third kappa shape index (κ3) is 8.46. The molecule has 146 valence electrons. The molecule has 0 atom stereocenters. The van der Waals surface area contributed by atoms with Gasteiger partial charge in [0, 0.05) is 19.5 Å². The molecule has 0 aliphatic carbocycles. The van der Waals surface area contributed by atoms with Gasteiger partial charge in [-0.1, -0.05) is 24.3 Å². The first-order chi connectivity index (χ1) is 13.2. The zero-order valence-electron chi connectivity index (χ0n) is 16.2. The molecule has 2 aromatic rings. The number of guanidine groups is 1. The molecular formula is C21H29N3O3. The monoisotopic (exact) mass is 371 g/mol. The van der Waals surface area contributed by atoms with Crippen molar-refractivity contribution in [2.75, 3.05) is 33.4 Å². The maximum atomic E-state index is 5.71.